The number of hydrogen-bond donors (Lipinski definition) is 1. The summed E-state index contributed by atoms with van der Waals surface area (Å²) in [5.41, 5.74) is 5.92. The van der Waals surface area contributed by atoms with E-state index >= 15 is 0 Å². The van der Waals surface area contributed by atoms with Crippen LogP contribution < -0.4 is 10.5 Å². The van der Waals surface area contributed by atoms with Crippen molar-refractivity contribution >= 4 is 6.09 Å². The largest absolute Gasteiger partial charge is 0.489 e. The number of ether oxygens (including phenoxy) is 2. The van der Waals surface area contributed by atoms with Crippen LogP contribution in [0.3, 0.4) is 0 Å². The molecular weight excluding hydrogens is 194 g/mol. The van der Waals surface area contributed by atoms with Gasteiger partial charge in [-0.1, -0.05) is 18.2 Å². The standard InChI is InChI=1S/C11H15NO3/c1-8-5-3-4-6-10(8)14-7-9(2)15-11(12)13/h3-6,9H,7H2,1-2H3,(H2,12,13)/t9-/m1/s1. The van der Waals surface area contributed by atoms with Gasteiger partial charge in [-0.2, -0.15) is 0 Å². The average molecular weight is 209 g/mol. The molecule has 82 valence electrons. The highest BCUT2D eigenvalue weighted by Crippen LogP contribution is 2.16. The third-order valence-corrected chi connectivity index (χ3v) is 1.88. The Kier molecular flexibility index (Phi) is 3.97. The Morgan fingerprint density at radius 2 is 2.13 bits per heavy atom. The van der Waals surface area contributed by atoms with Crippen molar-refractivity contribution in [3.05, 3.63) is 29.8 Å². The Morgan fingerprint density at radius 1 is 1.47 bits per heavy atom. The molecule has 1 aromatic rings. The van der Waals surface area contributed by atoms with E-state index in [1.807, 2.05) is 31.2 Å². The second-order valence-corrected chi connectivity index (χ2v) is 3.32. The average Bonchev–Trinajstić information content (AvgIpc) is 2.15. The lowest BCUT2D eigenvalue weighted by Gasteiger charge is -2.13. The molecule has 0 fully saturated rings. The van der Waals surface area contributed by atoms with Crippen LogP contribution in [0.1, 0.15) is 12.5 Å². The molecule has 0 heterocycles. The lowest BCUT2D eigenvalue weighted by Crippen LogP contribution is -2.25. The van der Waals surface area contributed by atoms with Crippen LogP contribution in [-0.2, 0) is 4.74 Å². The van der Waals surface area contributed by atoms with Gasteiger partial charge in [0.05, 0.1) is 0 Å². The third kappa shape index (κ3) is 3.89. The minimum Gasteiger partial charge on any atom is -0.489 e. The first-order chi connectivity index (χ1) is 7.09. The fourth-order valence-electron chi connectivity index (χ4n) is 1.16. The van der Waals surface area contributed by atoms with E-state index in [0.29, 0.717) is 6.61 Å². The highest BCUT2D eigenvalue weighted by atomic mass is 16.6. The van der Waals surface area contributed by atoms with Gasteiger partial charge in [-0.25, -0.2) is 4.79 Å². The van der Waals surface area contributed by atoms with Gasteiger partial charge in [-0.3, -0.25) is 0 Å². The Labute approximate surface area is 89.0 Å². The number of amides is 1. The smallest absolute Gasteiger partial charge is 0.404 e. The van der Waals surface area contributed by atoms with E-state index in [2.05, 4.69) is 0 Å². The van der Waals surface area contributed by atoms with Gasteiger partial charge in [0.15, 0.2) is 0 Å². The van der Waals surface area contributed by atoms with Crippen molar-refractivity contribution in [2.75, 3.05) is 6.61 Å². The number of rotatable bonds is 4. The number of carbonyl (C=O) groups is 1. The maximum atomic E-state index is 10.4. The third-order valence-electron chi connectivity index (χ3n) is 1.88. The molecule has 1 atom stereocenters. The van der Waals surface area contributed by atoms with E-state index in [1.165, 1.54) is 0 Å². The predicted molar refractivity (Wildman–Crippen MR) is 56.8 cm³/mol. The van der Waals surface area contributed by atoms with Gasteiger partial charge in [-0.15, -0.1) is 0 Å². The van der Waals surface area contributed by atoms with E-state index in [0.717, 1.165) is 11.3 Å². The minimum absolute atomic E-state index is 0.299. The quantitative estimate of drug-likeness (QED) is 0.823. The van der Waals surface area contributed by atoms with E-state index in [1.54, 1.807) is 6.92 Å². The van der Waals surface area contributed by atoms with E-state index < -0.39 is 6.09 Å². The summed E-state index contributed by atoms with van der Waals surface area (Å²) in [5.74, 6) is 0.789. The first-order valence-electron chi connectivity index (χ1n) is 4.74. The molecule has 0 spiro atoms. The number of nitrogens with two attached hydrogens (primary N) is 1. The molecule has 0 aliphatic carbocycles. The van der Waals surface area contributed by atoms with Crippen LogP contribution in [0.15, 0.2) is 24.3 Å². The molecule has 1 aromatic carbocycles. The van der Waals surface area contributed by atoms with Crippen molar-refractivity contribution in [3.63, 3.8) is 0 Å². The summed E-state index contributed by atoms with van der Waals surface area (Å²) in [6.45, 7) is 3.98. The molecular formula is C11H15NO3. The van der Waals surface area contributed by atoms with Gasteiger partial charge in [0, 0.05) is 0 Å². The van der Waals surface area contributed by atoms with Crippen molar-refractivity contribution in [3.8, 4) is 5.75 Å². The molecule has 2 N–H and O–H groups in total. The van der Waals surface area contributed by atoms with Crippen LogP contribution >= 0.6 is 0 Å². The second-order valence-electron chi connectivity index (χ2n) is 3.32. The lowest BCUT2D eigenvalue weighted by molar-refractivity contribution is 0.0821. The topological polar surface area (TPSA) is 61.6 Å². The van der Waals surface area contributed by atoms with Crippen molar-refractivity contribution < 1.29 is 14.3 Å². The lowest BCUT2D eigenvalue weighted by atomic mass is 10.2. The van der Waals surface area contributed by atoms with Crippen LogP contribution in [0.2, 0.25) is 0 Å². The van der Waals surface area contributed by atoms with Crippen molar-refractivity contribution in [1.82, 2.24) is 0 Å². The van der Waals surface area contributed by atoms with E-state index in [9.17, 15) is 4.79 Å². The highest BCUT2D eigenvalue weighted by Gasteiger charge is 2.07. The predicted octanol–water partition coefficient (Wildman–Crippen LogP) is 1.86. The normalized spacial score (nSPS) is 11.9. The number of primary amides is 1. The molecule has 4 heteroatoms. The van der Waals surface area contributed by atoms with E-state index in [-0.39, 0.29) is 6.10 Å². The summed E-state index contributed by atoms with van der Waals surface area (Å²) in [6.07, 6.45) is -1.13. The Hall–Kier alpha value is -1.71. The molecule has 0 aliphatic rings. The molecule has 0 bridgehead atoms. The molecule has 0 radical (unpaired) electrons. The number of hydrogen-bond acceptors (Lipinski definition) is 3. The molecule has 0 saturated carbocycles. The van der Waals surface area contributed by atoms with Gasteiger partial charge in [0.2, 0.25) is 0 Å². The summed E-state index contributed by atoms with van der Waals surface area (Å²) >= 11 is 0. The minimum atomic E-state index is -0.782. The van der Waals surface area contributed by atoms with Gasteiger partial charge < -0.3 is 15.2 Å². The number of benzene rings is 1. The van der Waals surface area contributed by atoms with Gasteiger partial charge >= 0.3 is 6.09 Å². The zero-order valence-corrected chi connectivity index (χ0v) is 8.90. The molecule has 1 rings (SSSR count). The van der Waals surface area contributed by atoms with Crippen LogP contribution in [0.4, 0.5) is 4.79 Å². The van der Waals surface area contributed by atoms with Gasteiger partial charge in [0.25, 0.3) is 0 Å². The first-order valence-corrected chi connectivity index (χ1v) is 4.74. The zero-order chi connectivity index (χ0) is 11.3. The fourth-order valence-corrected chi connectivity index (χ4v) is 1.16. The second kappa shape index (κ2) is 5.24. The Balaban J connectivity index is 2.43. The summed E-state index contributed by atoms with van der Waals surface area (Å²) < 4.78 is 10.2. The maximum absolute atomic E-state index is 10.4. The van der Waals surface area contributed by atoms with Crippen LogP contribution in [-0.4, -0.2) is 18.8 Å². The van der Waals surface area contributed by atoms with Gasteiger partial charge in [-0.05, 0) is 25.5 Å². The van der Waals surface area contributed by atoms with Crippen molar-refractivity contribution in [2.24, 2.45) is 5.73 Å². The number of carbonyl (C=O) groups excluding carboxylic acids is 1. The maximum Gasteiger partial charge on any atom is 0.404 e. The summed E-state index contributed by atoms with van der Waals surface area (Å²) in [4.78, 5) is 10.4. The Bertz CT molecular complexity index is 338. The summed E-state index contributed by atoms with van der Waals surface area (Å²) in [7, 11) is 0. The summed E-state index contributed by atoms with van der Waals surface area (Å²) in [6, 6.07) is 7.65. The number of para-hydroxylation sites is 1. The molecule has 1 amide bonds. The highest BCUT2D eigenvalue weighted by molar-refractivity contribution is 5.64. The molecule has 0 aromatic heterocycles. The molecule has 0 aliphatic heterocycles. The zero-order valence-electron chi connectivity index (χ0n) is 8.90. The molecule has 4 nitrogen and oxygen atoms in total. The van der Waals surface area contributed by atoms with Gasteiger partial charge in [0.1, 0.15) is 18.5 Å². The van der Waals surface area contributed by atoms with Crippen LogP contribution in [0.25, 0.3) is 0 Å². The van der Waals surface area contributed by atoms with Crippen molar-refractivity contribution in [1.29, 1.82) is 0 Å². The van der Waals surface area contributed by atoms with Crippen LogP contribution in [0, 0.1) is 6.92 Å². The molecule has 0 unspecified atom stereocenters. The van der Waals surface area contributed by atoms with Crippen molar-refractivity contribution in [2.45, 2.75) is 20.0 Å². The molecule has 0 saturated heterocycles. The van der Waals surface area contributed by atoms with E-state index in [4.69, 9.17) is 15.2 Å². The van der Waals surface area contributed by atoms with Crippen LogP contribution in [0.5, 0.6) is 5.75 Å². The Morgan fingerprint density at radius 3 is 2.73 bits per heavy atom. The number of aryl methyl sites for hydroxylation is 1. The summed E-state index contributed by atoms with van der Waals surface area (Å²) in [5, 5.41) is 0. The monoisotopic (exact) mass is 209 g/mol. The molecule has 15 heavy (non-hydrogen) atoms. The SMILES string of the molecule is Cc1ccccc1OC[C@@H](C)OC(N)=O. The first kappa shape index (κ1) is 11.4. The fraction of sp³-hybridized carbons (Fsp3) is 0.364.